The highest BCUT2D eigenvalue weighted by molar-refractivity contribution is 5.28. The summed E-state index contributed by atoms with van der Waals surface area (Å²) in [5.41, 5.74) is 4.17. The van der Waals surface area contributed by atoms with Crippen LogP contribution in [-0.4, -0.2) is 31.6 Å². The molecule has 0 aliphatic rings. The van der Waals surface area contributed by atoms with Gasteiger partial charge in [-0.05, 0) is 39.4 Å². The van der Waals surface area contributed by atoms with Crippen molar-refractivity contribution in [1.82, 2.24) is 10.2 Å². The molecule has 0 spiro atoms. The Labute approximate surface area is 106 Å². The lowest BCUT2D eigenvalue weighted by molar-refractivity contribution is 0.268. The van der Waals surface area contributed by atoms with Gasteiger partial charge in [-0.3, -0.25) is 4.90 Å². The van der Waals surface area contributed by atoms with Crippen LogP contribution in [0.3, 0.4) is 0 Å². The summed E-state index contributed by atoms with van der Waals surface area (Å²) < 4.78 is 0. The van der Waals surface area contributed by atoms with Gasteiger partial charge in [0.15, 0.2) is 0 Å². The van der Waals surface area contributed by atoms with Crippen molar-refractivity contribution < 1.29 is 0 Å². The Morgan fingerprint density at radius 1 is 1.06 bits per heavy atom. The van der Waals surface area contributed by atoms with Gasteiger partial charge >= 0.3 is 0 Å². The van der Waals surface area contributed by atoms with Gasteiger partial charge in [-0.1, -0.05) is 36.2 Å². The third-order valence-corrected chi connectivity index (χ3v) is 2.91. The van der Waals surface area contributed by atoms with Crippen molar-refractivity contribution in [3.63, 3.8) is 0 Å². The van der Waals surface area contributed by atoms with Crippen LogP contribution in [0.4, 0.5) is 0 Å². The molecule has 0 fully saturated rings. The predicted octanol–water partition coefficient (Wildman–Crippen LogP) is 2.73. The van der Waals surface area contributed by atoms with Gasteiger partial charge in [0.2, 0.25) is 0 Å². The fourth-order valence-corrected chi connectivity index (χ4v) is 2.27. The zero-order valence-corrected chi connectivity index (χ0v) is 11.7. The first kappa shape index (κ1) is 14.2. The Kier molecular flexibility index (Phi) is 6.23. The lowest BCUT2D eigenvalue weighted by Crippen LogP contribution is -2.31. The molecule has 2 nitrogen and oxygen atoms in total. The Balaban J connectivity index is 2.63. The van der Waals surface area contributed by atoms with Crippen LogP contribution in [0.5, 0.6) is 0 Å². The van der Waals surface area contributed by atoms with Crippen molar-refractivity contribution in [2.24, 2.45) is 0 Å². The van der Waals surface area contributed by atoms with Gasteiger partial charge in [-0.25, -0.2) is 0 Å². The Bertz CT molecular complexity index is 313. The lowest BCUT2D eigenvalue weighted by Gasteiger charge is -2.22. The van der Waals surface area contributed by atoms with Crippen molar-refractivity contribution in [3.05, 3.63) is 34.9 Å². The quantitative estimate of drug-likeness (QED) is 0.780. The zero-order chi connectivity index (χ0) is 12.7. The van der Waals surface area contributed by atoms with Crippen LogP contribution in [0.2, 0.25) is 0 Å². The molecule has 0 unspecified atom stereocenters. The molecule has 0 aliphatic heterocycles. The van der Waals surface area contributed by atoms with E-state index in [2.05, 4.69) is 49.2 Å². The highest BCUT2D eigenvalue weighted by Crippen LogP contribution is 2.11. The van der Waals surface area contributed by atoms with Gasteiger partial charge in [0.05, 0.1) is 0 Å². The van der Waals surface area contributed by atoms with Gasteiger partial charge in [0.1, 0.15) is 0 Å². The van der Waals surface area contributed by atoms with E-state index in [4.69, 9.17) is 0 Å². The van der Waals surface area contributed by atoms with Crippen LogP contribution in [0.1, 0.15) is 30.0 Å². The maximum absolute atomic E-state index is 3.22. The van der Waals surface area contributed by atoms with Gasteiger partial charge < -0.3 is 5.32 Å². The summed E-state index contributed by atoms with van der Waals surface area (Å²) in [6.07, 6.45) is 1.22. The van der Waals surface area contributed by atoms with E-state index in [0.717, 1.165) is 19.6 Å². The summed E-state index contributed by atoms with van der Waals surface area (Å²) >= 11 is 0. The largest absolute Gasteiger partial charge is 0.318 e. The van der Waals surface area contributed by atoms with Crippen molar-refractivity contribution in [3.8, 4) is 0 Å². The Morgan fingerprint density at radius 2 is 1.71 bits per heavy atom. The third kappa shape index (κ3) is 5.33. The highest BCUT2D eigenvalue weighted by Gasteiger charge is 2.05. The fourth-order valence-electron chi connectivity index (χ4n) is 2.27. The zero-order valence-electron chi connectivity index (χ0n) is 11.7. The molecule has 0 atom stereocenters. The summed E-state index contributed by atoms with van der Waals surface area (Å²) in [4.78, 5) is 2.52. The summed E-state index contributed by atoms with van der Waals surface area (Å²) in [6, 6.07) is 6.84. The van der Waals surface area contributed by atoms with Crippen LogP contribution in [0.25, 0.3) is 0 Å². The van der Waals surface area contributed by atoms with Crippen molar-refractivity contribution >= 4 is 0 Å². The number of nitrogens with one attached hydrogen (secondary N) is 1. The van der Waals surface area contributed by atoms with Crippen molar-refractivity contribution in [2.45, 2.75) is 33.7 Å². The molecule has 0 saturated carbocycles. The molecule has 1 aromatic carbocycles. The second kappa shape index (κ2) is 7.46. The smallest absolute Gasteiger partial charge is 0.0234 e. The maximum atomic E-state index is 3.22. The molecular weight excluding hydrogens is 208 g/mol. The minimum Gasteiger partial charge on any atom is -0.318 e. The van der Waals surface area contributed by atoms with Crippen LogP contribution in [-0.2, 0) is 6.54 Å². The van der Waals surface area contributed by atoms with Crippen molar-refractivity contribution in [2.75, 3.05) is 26.7 Å². The number of benzene rings is 1. The molecule has 1 N–H and O–H groups in total. The molecular formula is C15H26N2. The summed E-state index contributed by atoms with van der Waals surface area (Å²) in [5, 5.41) is 3.22. The number of aryl methyl sites for hydroxylation is 2. The minimum atomic E-state index is 1.06. The molecule has 2 heteroatoms. The topological polar surface area (TPSA) is 15.3 Å². The Morgan fingerprint density at radius 3 is 2.24 bits per heavy atom. The maximum Gasteiger partial charge on any atom is 0.0234 e. The average Bonchev–Trinajstić information content (AvgIpc) is 2.24. The highest BCUT2D eigenvalue weighted by atomic mass is 15.1. The van der Waals surface area contributed by atoms with Gasteiger partial charge in [-0.15, -0.1) is 0 Å². The van der Waals surface area contributed by atoms with Crippen LogP contribution in [0.15, 0.2) is 18.2 Å². The van der Waals surface area contributed by atoms with Gasteiger partial charge in [0, 0.05) is 19.6 Å². The van der Waals surface area contributed by atoms with E-state index in [0.29, 0.717) is 0 Å². The predicted molar refractivity (Wildman–Crippen MR) is 75.4 cm³/mol. The Hall–Kier alpha value is -0.860. The first-order valence-electron chi connectivity index (χ1n) is 6.59. The first-order chi connectivity index (χ1) is 8.15. The lowest BCUT2D eigenvalue weighted by atomic mass is 10.1. The number of nitrogens with zero attached hydrogens (tertiary/aromatic N) is 1. The van der Waals surface area contributed by atoms with E-state index < -0.39 is 0 Å². The second-order valence-corrected chi connectivity index (χ2v) is 4.88. The molecule has 0 saturated heterocycles. The average molecular weight is 234 g/mol. The van der Waals surface area contributed by atoms with Crippen LogP contribution in [0, 0.1) is 13.8 Å². The van der Waals surface area contributed by atoms with E-state index >= 15 is 0 Å². The third-order valence-electron chi connectivity index (χ3n) is 2.91. The van der Waals surface area contributed by atoms with E-state index in [1.807, 2.05) is 7.05 Å². The van der Waals surface area contributed by atoms with E-state index in [9.17, 15) is 0 Å². The van der Waals surface area contributed by atoms with Crippen LogP contribution >= 0.6 is 0 Å². The summed E-state index contributed by atoms with van der Waals surface area (Å²) in [6.45, 7) is 11.0. The number of rotatable bonds is 7. The van der Waals surface area contributed by atoms with E-state index in [1.54, 1.807) is 0 Å². The second-order valence-electron chi connectivity index (χ2n) is 4.88. The van der Waals surface area contributed by atoms with Gasteiger partial charge in [-0.2, -0.15) is 0 Å². The fraction of sp³-hybridized carbons (Fsp3) is 0.600. The van der Waals surface area contributed by atoms with Crippen molar-refractivity contribution in [1.29, 1.82) is 0 Å². The minimum absolute atomic E-state index is 1.06. The number of hydrogen-bond acceptors (Lipinski definition) is 2. The van der Waals surface area contributed by atoms with Gasteiger partial charge in [0.25, 0.3) is 0 Å². The summed E-state index contributed by atoms with van der Waals surface area (Å²) in [7, 11) is 2.01. The molecule has 96 valence electrons. The molecule has 0 aromatic heterocycles. The first-order valence-corrected chi connectivity index (χ1v) is 6.59. The SMILES string of the molecule is CCCN(CCNC)Cc1cc(C)cc(C)c1. The van der Waals surface area contributed by atoms with E-state index in [-0.39, 0.29) is 0 Å². The summed E-state index contributed by atoms with van der Waals surface area (Å²) in [5.74, 6) is 0. The molecule has 1 aromatic rings. The molecule has 17 heavy (non-hydrogen) atoms. The molecule has 0 amide bonds. The number of hydrogen-bond donors (Lipinski definition) is 1. The normalized spacial score (nSPS) is 11.1. The monoisotopic (exact) mass is 234 g/mol. The standard InChI is InChI=1S/C15H26N2/c1-5-7-17(8-6-16-4)12-15-10-13(2)9-14(3)11-15/h9-11,16H,5-8,12H2,1-4H3. The molecule has 0 heterocycles. The molecule has 0 radical (unpaired) electrons. The number of likely N-dealkylation sites (N-methyl/N-ethyl adjacent to an activating group) is 1. The molecule has 0 bridgehead atoms. The van der Waals surface area contributed by atoms with E-state index in [1.165, 1.54) is 29.7 Å². The molecule has 0 aliphatic carbocycles. The van der Waals surface area contributed by atoms with Crippen LogP contribution < -0.4 is 5.32 Å². The molecule has 1 rings (SSSR count).